The number of phenols is 1. The number of halogens is 1. The minimum atomic E-state index is -1.30. The number of carbonyl (C=O) groups excluding carboxylic acids is 3. The Bertz CT molecular complexity index is 767. The van der Waals surface area contributed by atoms with Crippen LogP contribution in [0, 0.1) is 11.8 Å². The second-order valence-electron chi connectivity index (χ2n) is 6.38. The van der Waals surface area contributed by atoms with Crippen molar-refractivity contribution in [3.63, 3.8) is 0 Å². The zero-order valence-electron chi connectivity index (χ0n) is 14.1. The predicted octanol–water partition coefficient (Wildman–Crippen LogP) is 1.24. The molecular formula is C17H19ClN2O5. The summed E-state index contributed by atoms with van der Waals surface area (Å²) in [6, 6.07) is 3.76. The first-order valence-electron chi connectivity index (χ1n) is 7.94. The number of esters is 1. The molecule has 8 heteroatoms. The summed E-state index contributed by atoms with van der Waals surface area (Å²) >= 11 is 6.24. The van der Waals surface area contributed by atoms with Crippen LogP contribution in [-0.2, 0) is 19.1 Å². The lowest BCUT2D eigenvalue weighted by Crippen LogP contribution is -2.55. The van der Waals surface area contributed by atoms with Crippen LogP contribution in [0.4, 0.5) is 0 Å². The Morgan fingerprint density at radius 3 is 2.64 bits per heavy atom. The van der Waals surface area contributed by atoms with Gasteiger partial charge in [0.15, 0.2) is 0 Å². The van der Waals surface area contributed by atoms with Gasteiger partial charge in [-0.2, -0.15) is 0 Å². The molecule has 0 aromatic heterocycles. The lowest BCUT2D eigenvalue weighted by atomic mass is 9.78. The number of ether oxygens (including phenoxy) is 1. The third-order valence-corrected chi connectivity index (χ3v) is 5.63. The Balaban J connectivity index is 2.17. The maximum absolute atomic E-state index is 12.7. The van der Waals surface area contributed by atoms with Crippen molar-refractivity contribution in [2.75, 3.05) is 14.2 Å². The molecule has 2 aliphatic heterocycles. The number of phenolic OH excluding ortho intramolecular Hbond substituents is 1. The number of hydrogen-bond donors (Lipinski definition) is 2. The van der Waals surface area contributed by atoms with E-state index in [2.05, 4.69) is 5.32 Å². The summed E-state index contributed by atoms with van der Waals surface area (Å²) in [5, 5.41) is 13.0. The van der Waals surface area contributed by atoms with Crippen LogP contribution < -0.4 is 5.32 Å². The number of rotatable bonds is 3. The van der Waals surface area contributed by atoms with E-state index in [1.807, 2.05) is 0 Å². The highest BCUT2D eigenvalue weighted by atomic mass is 35.5. The van der Waals surface area contributed by atoms with E-state index in [1.165, 1.54) is 26.3 Å². The largest absolute Gasteiger partial charge is 0.508 e. The van der Waals surface area contributed by atoms with Gasteiger partial charge >= 0.3 is 5.97 Å². The molecular weight excluding hydrogens is 348 g/mol. The van der Waals surface area contributed by atoms with E-state index in [-0.39, 0.29) is 23.1 Å². The monoisotopic (exact) mass is 366 g/mol. The van der Waals surface area contributed by atoms with Gasteiger partial charge in [-0.3, -0.25) is 24.6 Å². The van der Waals surface area contributed by atoms with E-state index in [0.29, 0.717) is 5.56 Å². The standard InChI is InChI=1S/C17H19ClN2O5/c1-4-17(16(24)25-3)12-11(14(22)20(2)15(12)23)13(19-17)9-6-5-8(21)7-10(9)18/h5-7,11-13,19,21H,4H2,1-3H3/t11-,12-,13-,17-/m1/s1. The Hall–Kier alpha value is -2.12. The normalized spacial score (nSPS) is 31.4. The second-order valence-corrected chi connectivity index (χ2v) is 6.79. The molecule has 2 N–H and O–H groups in total. The summed E-state index contributed by atoms with van der Waals surface area (Å²) in [4.78, 5) is 39.0. The predicted molar refractivity (Wildman–Crippen MR) is 88.8 cm³/mol. The lowest BCUT2D eigenvalue weighted by molar-refractivity contribution is -0.154. The van der Waals surface area contributed by atoms with Gasteiger partial charge in [-0.05, 0) is 24.1 Å². The Kier molecular flexibility index (Phi) is 4.25. The van der Waals surface area contributed by atoms with Gasteiger partial charge in [0.2, 0.25) is 11.8 Å². The number of fused-ring (bicyclic) bond motifs is 1. The summed E-state index contributed by atoms with van der Waals surface area (Å²) in [5.74, 6) is -3.00. The molecule has 134 valence electrons. The van der Waals surface area contributed by atoms with Crippen molar-refractivity contribution in [1.82, 2.24) is 10.2 Å². The third kappa shape index (κ3) is 2.33. The number of nitrogens with zero attached hydrogens (tertiary/aromatic N) is 1. The number of imide groups is 1. The number of nitrogens with one attached hydrogen (secondary N) is 1. The van der Waals surface area contributed by atoms with Gasteiger partial charge in [0.05, 0.1) is 18.9 Å². The number of benzene rings is 1. The topological polar surface area (TPSA) is 95.9 Å². The second kappa shape index (κ2) is 6.00. The van der Waals surface area contributed by atoms with E-state index in [9.17, 15) is 19.5 Å². The van der Waals surface area contributed by atoms with Crippen LogP contribution in [0.3, 0.4) is 0 Å². The Morgan fingerprint density at radius 1 is 1.40 bits per heavy atom. The summed E-state index contributed by atoms with van der Waals surface area (Å²) in [5.41, 5.74) is -0.756. The molecule has 0 unspecified atom stereocenters. The summed E-state index contributed by atoms with van der Waals surface area (Å²) in [7, 11) is 2.67. The lowest BCUT2D eigenvalue weighted by Gasteiger charge is -2.31. The molecule has 4 atom stereocenters. The van der Waals surface area contributed by atoms with E-state index in [0.717, 1.165) is 4.90 Å². The Morgan fingerprint density at radius 2 is 2.08 bits per heavy atom. The van der Waals surface area contributed by atoms with Gasteiger partial charge in [0.1, 0.15) is 11.3 Å². The summed E-state index contributed by atoms with van der Waals surface area (Å²) in [6.45, 7) is 1.76. The van der Waals surface area contributed by atoms with Crippen molar-refractivity contribution in [2.24, 2.45) is 11.8 Å². The van der Waals surface area contributed by atoms with E-state index < -0.39 is 35.3 Å². The van der Waals surface area contributed by atoms with Gasteiger partial charge in [0, 0.05) is 18.1 Å². The molecule has 0 bridgehead atoms. The fourth-order valence-corrected chi connectivity index (χ4v) is 4.31. The first-order valence-corrected chi connectivity index (χ1v) is 8.32. The molecule has 1 aromatic rings. The molecule has 0 radical (unpaired) electrons. The van der Waals surface area contributed by atoms with Gasteiger partial charge in [-0.25, -0.2) is 0 Å². The smallest absolute Gasteiger partial charge is 0.326 e. The highest BCUT2D eigenvalue weighted by molar-refractivity contribution is 6.31. The maximum atomic E-state index is 12.7. The number of methoxy groups -OCH3 is 1. The molecule has 2 amide bonds. The van der Waals surface area contributed by atoms with Crippen molar-refractivity contribution >= 4 is 29.4 Å². The number of hydrogen-bond acceptors (Lipinski definition) is 6. The maximum Gasteiger partial charge on any atom is 0.326 e. The highest BCUT2D eigenvalue weighted by Gasteiger charge is 2.67. The average Bonchev–Trinajstić information content (AvgIpc) is 3.05. The van der Waals surface area contributed by atoms with Crippen molar-refractivity contribution in [3.05, 3.63) is 28.8 Å². The molecule has 1 aromatic carbocycles. The molecule has 2 heterocycles. The fraction of sp³-hybridized carbons (Fsp3) is 0.471. The summed E-state index contributed by atoms with van der Waals surface area (Å²) < 4.78 is 4.93. The summed E-state index contributed by atoms with van der Waals surface area (Å²) in [6.07, 6.45) is 0.278. The third-order valence-electron chi connectivity index (χ3n) is 5.30. The van der Waals surface area contributed by atoms with Crippen LogP contribution in [0.25, 0.3) is 0 Å². The first-order chi connectivity index (χ1) is 11.8. The van der Waals surface area contributed by atoms with Gasteiger partial charge in [0.25, 0.3) is 0 Å². The van der Waals surface area contributed by atoms with Crippen LogP contribution in [0.2, 0.25) is 5.02 Å². The van der Waals surface area contributed by atoms with Crippen LogP contribution in [0.1, 0.15) is 24.9 Å². The number of likely N-dealkylation sites (tertiary alicyclic amines) is 1. The van der Waals surface area contributed by atoms with Crippen molar-refractivity contribution in [3.8, 4) is 5.75 Å². The minimum Gasteiger partial charge on any atom is -0.508 e. The van der Waals surface area contributed by atoms with Crippen LogP contribution in [0.5, 0.6) is 5.75 Å². The number of amides is 2. The molecule has 0 saturated carbocycles. The molecule has 7 nitrogen and oxygen atoms in total. The molecule has 3 rings (SSSR count). The van der Waals surface area contributed by atoms with Gasteiger partial charge in [-0.15, -0.1) is 0 Å². The van der Waals surface area contributed by atoms with Crippen molar-refractivity contribution in [1.29, 1.82) is 0 Å². The van der Waals surface area contributed by atoms with E-state index in [1.54, 1.807) is 13.0 Å². The van der Waals surface area contributed by atoms with E-state index in [4.69, 9.17) is 16.3 Å². The molecule has 2 saturated heterocycles. The number of aromatic hydroxyl groups is 1. The molecule has 2 aliphatic rings. The zero-order valence-corrected chi connectivity index (χ0v) is 14.8. The van der Waals surface area contributed by atoms with Crippen LogP contribution in [-0.4, -0.2) is 47.5 Å². The molecule has 0 aliphatic carbocycles. The first kappa shape index (κ1) is 17.7. The Labute approximate surface area is 149 Å². The molecule has 25 heavy (non-hydrogen) atoms. The van der Waals surface area contributed by atoms with Crippen molar-refractivity contribution < 1.29 is 24.2 Å². The van der Waals surface area contributed by atoms with Crippen molar-refractivity contribution in [2.45, 2.75) is 24.9 Å². The van der Waals surface area contributed by atoms with Gasteiger partial charge in [-0.1, -0.05) is 24.6 Å². The average molecular weight is 367 g/mol. The number of carbonyl (C=O) groups is 3. The molecule has 2 fully saturated rings. The van der Waals surface area contributed by atoms with E-state index >= 15 is 0 Å². The minimum absolute atomic E-state index is 0.0102. The quantitative estimate of drug-likeness (QED) is 0.617. The highest BCUT2D eigenvalue weighted by Crippen LogP contribution is 2.51. The van der Waals surface area contributed by atoms with Crippen LogP contribution >= 0.6 is 11.6 Å². The SMILES string of the molecule is CC[C@@]1(C(=O)OC)N[C@H](c2ccc(O)cc2Cl)[C@@H]2C(=O)N(C)C(=O)[C@@H]21. The fourth-order valence-electron chi connectivity index (χ4n) is 4.02. The molecule has 0 spiro atoms. The van der Waals surface area contributed by atoms with Crippen LogP contribution in [0.15, 0.2) is 18.2 Å². The zero-order chi connectivity index (χ0) is 18.5. The van der Waals surface area contributed by atoms with Gasteiger partial charge < -0.3 is 9.84 Å².